The van der Waals surface area contributed by atoms with Gasteiger partial charge in [-0.3, -0.25) is 13.9 Å². The molecule has 3 rings (SSSR count). The minimum atomic E-state index is -3.85. The highest BCUT2D eigenvalue weighted by Gasteiger charge is 2.32. The van der Waals surface area contributed by atoms with Crippen molar-refractivity contribution in [2.45, 2.75) is 52.2 Å². The van der Waals surface area contributed by atoms with Crippen LogP contribution in [0.25, 0.3) is 0 Å². The Morgan fingerprint density at radius 1 is 0.878 bits per heavy atom. The number of anilines is 1. The molecule has 3 aromatic rings. The molecule has 0 saturated heterocycles. The number of carbonyl (C=O) groups is 2. The summed E-state index contributed by atoms with van der Waals surface area (Å²) in [5.41, 5.74) is 1.06. The van der Waals surface area contributed by atoms with Gasteiger partial charge in [-0.05, 0) is 73.9 Å². The number of nitrogens with zero attached hydrogens (tertiary/aromatic N) is 2. The van der Waals surface area contributed by atoms with Crippen molar-refractivity contribution >= 4 is 27.5 Å². The molecule has 0 aliphatic rings. The molecule has 9 nitrogen and oxygen atoms in total. The number of sulfonamides is 1. The van der Waals surface area contributed by atoms with Crippen LogP contribution in [0.2, 0.25) is 0 Å². The number of rotatable bonds is 14. The zero-order chi connectivity index (χ0) is 30.0. The molecule has 1 N–H and O–H groups in total. The highest BCUT2D eigenvalue weighted by Crippen LogP contribution is 2.26. The summed E-state index contributed by atoms with van der Waals surface area (Å²) < 4.78 is 38.0. The summed E-state index contributed by atoms with van der Waals surface area (Å²) in [6, 6.07) is 22.0. The first-order chi connectivity index (χ1) is 19.5. The predicted molar refractivity (Wildman–Crippen MR) is 161 cm³/mol. The van der Waals surface area contributed by atoms with Crippen molar-refractivity contribution < 1.29 is 27.5 Å². The number of benzene rings is 3. The highest BCUT2D eigenvalue weighted by molar-refractivity contribution is 7.92. The van der Waals surface area contributed by atoms with Gasteiger partial charge in [0.15, 0.2) is 0 Å². The van der Waals surface area contributed by atoms with Crippen LogP contribution >= 0.6 is 0 Å². The maximum atomic E-state index is 13.9. The van der Waals surface area contributed by atoms with Crippen LogP contribution in [0, 0.1) is 0 Å². The van der Waals surface area contributed by atoms with Crippen LogP contribution in [-0.4, -0.2) is 57.1 Å². The van der Waals surface area contributed by atoms with Crippen LogP contribution in [0.15, 0.2) is 78.9 Å². The predicted octanol–water partition coefficient (Wildman–Crippen LogP) is 4.98. The van der Waals surface area contributed by atoms with Gasteiger partial charge in [-0.15, -0.1) is 0 Å². The van der Waals surface area contributed by atoms with Crippen molar-refractivity contribution in [1.82, 2.24) is 10.2 Å². The van der Waals surface area contributed by atoms with E-state index >= 15 is 0 Å². The van der Waals surface area contributed by atoms with E-state index in [-0.39, 0.29) is 18.5 Å². The lowest BCUT2D eigenvalue weighted by molar-refractivity contribution is -0.140. The molecule has 0 aliphatic carbocycles. The molecule has 0 radical (unpaired) electrons. The standard InChI is InChI=1S/C31H39N3O6S/c1-6-23(3)32-31(36)29(7-2)33(21-24-12-11-15-28(20-24)39-4)30(35)22-34(41(5,37)38)25-16-18-27(19-17-25)40-26-13-9-8-10-14-26/h8-20,23,29H,6-7,21-22H2,1-5H3,(H,32,36)/t23-,29+/m0/s1. The summed E-state index contributed by atoms with van der Waals surface area (Å²) >= 11 is 0. The molecule has 220 valence electrons. The smallest absolute Gasteiger partial charge is 0.244 e. The fourth-order valence-corrected chi connectivity index (χ4v) is 5.10. The van der Waals surface area contributed by atoms with Crippen molar-refractivity contribution in [3.63, 3.8) is 0 Å². The average Bonchev–Trinajstić information content (AvgIpc) is 2.96. The van der Waals surface area contributed by atoms with Crippen LogP contribution < -0.4 is 19.1 Å². The second-order valence-corrected chi connectivity index (χ2v) is 11.7. The van der Waals surface area contributed by atoms with Gasteiger partial charge in [0, 0.05) is 12.6 Å². The molecule has 0 saturated carbocycles. The lowest BCUT2D eigenvalue weighted by Gasteiger charge is -2.33. The van der Waals surface area contributed by atoms with Gasteiger partial charge in [0.05, 0.1) is 19.1 Å². The molecule has 2 atom stereocenters. The molecule has 0 heterocycles. The van der Waals surface area contributed by atoms with Crippen molar-refractivity contribution in [2.75, 3.05) is 24.2 Å². The van der Waals surface area contributed by atoms with E-state index in [4.69, 9.17) is 9.47 Å². The summed E-state index contributed by atoms with van der Waals surface area (Å²) in [5, 5.41) is 2.96. The topological polar surface area (TPSA) is 105 Å². The van der Waals surface area contributed by atoms with Gasteiger partial charge in [-0.2, -0.15) is 0 Å². The molecule has 2 amide bonds. The lowest BCUT2D eigenvalue weighted by Crippen LogP contribution is -2.53. The molecule has 0 bridgehead atoms. The van der Waals surface area contributed by atoms with Crippen molar-refractivity contribution in [3.05, 3.63) is 84.4 Å². The Morgan fingerprint density at radius 2 is 1.51 bits per heavy atom. The monoisotopic (exact) mass is 581 g/mol. The van der Waals surface area contributed by atoms with E-state index in [1.54, 1.807) is 49.6 Å². The largest absolute Gasteiger partial charge is 0.497 e. The van der Waals surface area contributed by atoms with E-state index in [1.165, 1.54) is 4.90 Å². The Balaban J connectivity index is 1.91. The number of para-hydroxylation sites is 1. The number of hydrogen-bond donors (Lipinski definition) is 1. The van der Waals surface area contributed by atoms with Crippen molar-refractivity contribution in [3.8, 4) is 17.2 Å². The zero-order valence-corrected chi connectivity index (χ0v) is 25.1. The maximum absolute atomic E-state index is 13.9. The fourth-order valence-electron chi connectivity index (χ4n) is 4.25. The third-order valence-corrected chi connectivity index (χ3v) is 7.80. The molecular formula is C31H39N3O6S. The Morgan fingerprint density at radius 3 is 2.10 bits per heavy atom. The number of amides is 2. The second-order valence-electron chi connectivity index (χ2n) is 9.79. The quantitative estimate of drug-likeness (QED) is 0.288. The van der Waals surface area contributed by atoms with Gasteiger partial charge in [0.1, 0.15) is 29.8 Å². The van der Waals surface area contributed by atoms with E-state index in [1.807, 2.05) is 57.2 Å². The Labute approximate surface area is 243 Å². The van der Waals surface area contributed by atoms with E-state index in [2.05, 4.69) is 5.32 Å². The summed E-state index contributed by atoms with van der Waals surface area (Å²) in [6.45, 7) is 5.31. The Kier molecular flexibility index (Phi) is 11.2. The number of hydrogen-bond acceptors (Lipinski definition) is 6. The number of methoxy groups -OCH3 is 1. The maximum Gasteiger partial charge on any atom is 0.244 e. The summed E-state index contributed by atoms with van der Waals surface area (Å²) in [7, 11) is -2.30. The van der Waals surface area contributed by atoms with Crippen LogP contribution in [0.4, 0.5) is 5.69 Å². The van der Waals surface area contributed by atoms with Crippen LogP contribution in [-0.2, 0) is 26.2 Å². The molecule has 10 heteroatoms. The first-order valence-electron chi connectivity index (χ1n) is 13.6. The normalized spacial score (nSPS) is 12.6. The Bertz CT molecular complexity index is 1400. The molecule has 3 aromatic carbocycles. The van der Waals surface area contributed by atoms with E-state index < -0.39 is 28.5 Å². The molecule has 0 spiro atoms. The first-order valence-corrected chi connectivity index (χ1v) is 15.4. The van der Waals surface area contributed by atoms with Crippen LogP contribution in [0.3, 0.4) is 0 Å². The number of carbonyl (C=O) groups excluding carboxylic acids is 2. The van der Waals surface area contributed by atoms with Crippen molar-refractivity contribution in [2.24, 2.45) is 0 Å². The third-order valence-electron chi connectivity index (χ3n) is 6.66. The van der Waals surface area contributed by atoms with Crippen LogP contribution in [0.1, 0.15) is 39.2 Å². The zero-order valence-electron chi connectivity index (χ0n) is 24.2. The number of nitrogens with one attached hydrogen (secondary N) is 1. The first kappa shape index (κ1) is 31.5. The summed E-state index contributed by atoms with van der Waals surface area (Å²) in [6.07, 6.45) is 2.13. The highest BCUT2D eigenvalue weighted by atomic mass is 32.2. The molecule has 41 heavy (non-hydrogen) atoms. The molecule has 0 aromatic heterocycles. The van der Waals surface area contributed by atoms with Gasteiger partial charge in [-0.25, -0.2) is 8.42 Å². The van der Waals surface area contributed by atoms with E-state index in [0.717, 1.165) is 22.5 Å². The van der Waals surface area contributed by atoms with E-state index in [0.29, 0.717) is 29.4 Å². The van der Waals surface area contributed by atoms with Gasteiger partial charge in [0.25, 0.3) is 0 Å². The Hall–Kier alpha value is -4.05. The average molecular weight is 582 g/mol. The summed E-state index contributed by atoms with van der Waals surface area (Å²) in [5.74, 6) is 0.986. The second kappa shape index (κ2) is 14.5. The summed E-state index contributed by atoms with van der Waals surface area (Å²) in [4.78, 5) is 28.6. The van der Waals surface area contributed by atoms with Gasteiger partial charge < -0.3 is 19.7 Å². The van der Waals surface area contributed by atoms with Gasteiger partial charge in [0.2, 0.25) is 21.8 Å². The number of ether oxygens (including phenoxy) is 2. The molecule has 0 unspecified atom stereocenters. The van der Waals surface area contributed by atoms with Gasteiger partial charge >= 0.3 is 0 Å². The minimum absolute atomic E-state index is 0.0746. The lowest BCUT2D eigenvalue weighted by atomic mass is 10.1. The fraction of sp³-hybridized carbons (Fsp3) is 0.355. The third kappa shape index (κ3) is 8.97. The van der Waals surface area contributed by atoms with Gasteiger partial charge in [-0.1, -0.05) is 44.2 Å². The molecule has 0 fully saturated rings. The van der Waals surface area contributed by atoms with Crippen LogP contribution in [0.5, 0.6) is 17.2 Å². The minimum Gasteiger partial charge on any atom is -0.497 e. The molecule has 0 aliphatic heterocycles. The molecular weight excluding hydrogens is 542 g/mol. The SMILES string of the molecule is CC[C@H](C(=O)N[C@@H](C)CC)N(Cc1cccc(OC)c1)C(=O)CN(c1ccc(Oc2ccccc2)cc1)S(C)(=O)=O. The van der Waals surface area contributed by atoms with E-state index in [9.17, 15) is 18.0 Å². The van der Waals surface area contributed by atoms with Crippen molar-refractivity contribution in [1.29, 1.82) is 0 Å².